The van der Waals surface area contributed by atoms with E-state index < -0.39 is 56.7 Å². The van der Waals surface area contributed by atoms with E-state index in [0.717, 1.165) is 18.4 Å². The molecule has 0 saturated heterocycles. The van der Waals surface area contributed by atoms with Gasteiger partial charge >= 0.3 is 0 Å². The smallest absolute Gasteiger partial charge is 0.274 e. The predicted molar refractivity (Wildman–Crippen MR) is 119 cm³/mol. The molecule has 3 heterocycles. The number of hydrogen-bond donors (Lipinski definition) is 1. The minimum atomic E-state index is -4.00. The lowest BCUT2D eigenvalue weighted by Gasteiger charge is -2.34. The summed E-state index contributed by atoms with van der Waals surface area (Å²) in [5, 5.41) is 2.41. The number of nitrogens with one attached hydrogen (secondary N) is 1. The Kier molecular flexibility index (Phi) is 6.40. The molecule has 0 bridgehead atoms. The van der Waals surface area contributed by atoms with Gasteiger partial charge in [0.15, 0.2) is 11.4 Å². The highest BCUT2D eigenvalue weighted by Gasteiger charge is 2.46. The lowest BCUT2D eigenvalue weighted by Crippen LogP contribution is -2.44. The van der Waals surface area contributed by atoms with Crippen molar-refractivity contribution in [3.8, 4) is 5.75 Å². The zero-order chi connectivity index (χ0) is 25.7. The monoisotopic (exact) mass is 511 g/mol. The topological polar surface area (TPSA) is 124 Å². The van der Waals surface area contributed by atoms with Gasteiger partial charge in [0.2, 0.25) is 5.43 Å². The molecule has 2 atom stereocenters. The Bertz CT molecular complexity index is 1390. The van der Waals surface area contributed by atoms with Crippen molar-refractivity contribution < 1.29 is 35.7 Å². The number of rotatable bonds is 7. The van der Waals surface area contributed by atoms with Crippen LogP contribution in [0.5, 0.6) is 5.75 Å². The summed E-state index contributed by atoms with van der Waals surface area (Å²) in [6.07, 6.45) is -0.281. The number of pyridine rings is 1. The molecule has 0 saturated carbocycles. The molecule has 13 heteroatoms. The number of aromatic nitrogens is 1. The number of ether oxygens (including phenoxy) is 1. The van der Waals surface area contributed by atoms with Gasteiger partial charge in [-0.25, -0.2) is 8.78 Å². The number of nitrogens with zero attached hydrogens (tertiary/aromatic N) is 2. The number of likely N-dealkylation sites (N-methyl/N-ethyl adjacent to an activating group) is 1. The second kappa shape index (κ2) is 9.04. The van der Waals surface area contributed by atoms with Crippen LogP contribution in [0.1, 0.15) is 57.6 Å². The Labute approximate surface area is 199 Å². The van der Waals surface area contributed by atoms with Crippen LogP contribution in [0.15, 0.2) is 23.0 Å². The van der Waals surface area contributed by atoms with Crippen LogP contribution in [0.3, 0.4) is 0 Å². The van der Waals surface area contributed by atoms with Crippen molar-refractivity contribution in [1.82, 2.24) is 14.8 Å². The highest BCUT2D eigenvalue weighted by atomic mass is 32.2. The molecule has 188 valence electrons. The molecule has 10 nitrogen and oxygen atoms in total. The van der Waals surface area contributed by atoms with Crippen LogP contribution >= 0.6 is 0 Å². The zero-order valence-electron chi connectivity index (χ0n) is 19.1. The summed E-state index contributed by atoms with van der Waals surface area (Å²) in [4.78, 5) is 41.2. The van der Waals surface area contributed by atoms with E-state index in [2.05, 4.69) is 5.32 Å². The maximum absolute atomic E-state index is 14.0. The summed E-state index contributed by atoms with van der Waals surface area (Å²) in [7, 11) is -2.82. The van der Waals surface area contributed by atoms with E-state index >= 15 is 0 Å². The average molecular weight is 512 g/mol. The first-order chi connectivity index (χ1) is 16.5. The normalized spacial score (nSPS) is 19.0. The van der Waals surface area contributed by atoms with E-state index in [1.54, 1.807) is 6.92 Å². The van der Waals surface area contributed by atoms with Gasteiger partial charge in [0.05, 0.1) is 25.1 Å². The van der Waals surface area contributed by atoms with Crippen molar-refractivity contribution in [2.45, 2.75) is 32.0 Å². The molecule has 35 heavy (non-hydrogen) atoms. The largest absolute Gasteiger partial charge is 0.491 e. The third kappa shape index (κ3) is 4.41. The van der Waals surface area contributed by atoms with E-state index in [-0.39, 0.29) is 42.2 Å². The van der Waals surface area contributed by atoms with Crippen LogP contribution in [0.4, 0.5) is 8.78 Å². The molecule has 1 aromatic carbocycles. The van der Waals surface area contributed by atoms with Gasteiger partial charge < -0.3 is 19.5 Å². The first-order valence-electron chi connectivity index (χ1n) is 10.7. The lowest BCUT2D eigenvalue weighted by molar-refractivity contribution is 0.0670. The molecule has 2 aromatic rings. The van der Waals surface area contributed by atoms with E-state index in [1.165, 1.54) is 16.6 Å². The SMILES string of the molecule is CCN1C[C@H]2CC(OS(C)(=O)=O)c3c(C(=O)NCc4ccc(F)cc4F)c(=O)c(OC)c(n32)C1=O. The molecule has 0 fully saturated rings. The Morgan fingerprint density at radius 2 is 1.97 bits per heavy atom. The van der Waals surface area contributed by atoms with Crippen LogP contribution < -0.4 is 15.5 Å². The fraction of sp³-hybridized carbons (Fsp3) is 0.409. The maximum atomic E-state index is 14.0. The minimum absolute atomic E-state index is 0.0308. The second-order valence-corrected chi connectivity index (χ2v) is 9.88. The third-order valence-corrected chi connectivity index (χ3v) is 6.62. The maximum Gasteiger partial charge on any atom is 0.274 e. The molecule has 4 rings (SSSR count). The number of amides is 2. The number of benzene rings is 1. The quantitative estimate of drug-likeness (QED) is 0.559. The van der Waals surface area contributed by atoms with E-state index in [4.69, 9.17) is 8.92 Å². The van der Waals surface area contributed by atoms with Crippen LogP contribution in [0, 0.1) is 11.6 Å². The summed E-state index contributed by atoms with van der Waals surface area (Å²) >= 11 is 0. The van der Waals surface area contributed by atoms with Crippen molar-refractivity contribution in [3.05, 3.63) is 62.6 Å². The number of halogens is 2. The summed E-state index contributed by atoms with van der Waals surface area (Å²) < 4.78 is 63.0. The van der Waals surface area contributed by atoms with Crippen molar-refractivity contribution in [2.75, 3.05) is 26.5 Å². The zero-order valence-corrected chi connectivity index (χ0v) is 19.9. The van der Waals surface area contributed by atoms with E-state index in [9.17, 15) is 31.6 Å². The fourth-order valence-corrected chi connectivity index (χ4v) is 5.19. The first kappa shape index (κ1) is 24.8. The molecule has 0 aliphatic carbocycles. The van der Waals surface area contributed by atoms with Crippen LogP contribution in [0.2, 0.25) is 0 Å². The summed E-state index contributed by atoms with van der Waals surface area (Å²) in [5.74, 6) is -3.49. The molecule has 1 unspecified atom stereocenters. The van der Waals surface area contributed by atoms with Gasteiger partial charge in [-0.3, -0.25) is 18.6 Å². The first-order valence-corrected chi connectivity index (χ1v) is 12.5. The van der Waals surface area contributed by atoms with Gasteiger partial charge in [0, 0.05) is 37.7 Å². The van der Waals surface area contributed by atoms with Crippen LogP contribution in [-0.2, 0) is 20.8 Å². The molecule has 0 radical (unpaired) electrons. The number of carbonyl (C=O) groups is 2. The average Bonchev–Trinajstić information content (AvgIpc) is 3.11. The predicted octanol–water partition coefficient (Wildman–Crippen LogP) is 1.50. The molecular formula is C22H23F2N3O7S. The summed E-state index contributed by atoms with van der Waals surface area (Å²) in [6.45, 7) is 1.93. The molecule has 1 N–H and O–H groups in total. The number of hydrogen-bond acceptors (Lipinski definition) is 7. The Morgan fingerprint density at radius 3 is 2.57 bits per heavy atom. The van der Waals surface area contributed by atoms with Gasteiger partial charge in [0.25, 0.3) is 21.9 Å². The highest BCUT2D eigenvalue weighted by molar-refractivity contribution is 7.86. The lowest BCUT2D eigenvalue weighted by atomic mass is 10.1. The van der Waals surface area contributed by atoms with Gasteiger partial charge in [0.1, 0.15) is 23.3 Å². The van der Waals surface area contributed by atoms with E-state index in [1.807, 2.05) is 0 Å². The molecule has 0 spiro atoms. The Hall–Kier alpha value is -3.32. The van der Waals surface area contributed by atoms with Gasteiger partial charge in [-0.2, -0.15) is 8.42 Å². The fourth-order valence-electron chi connectivity index (χ4n) is 4.60. The van der Waals surface area contributed by atoms with E-state index in [0.29, 0.717) is 12.6 Å². The summed E-state index contributed by atoms with van der Waals surface area (Å²) in [5.41, 5.74) is -1.59. The number of carbonyl (C=O) groups excluding carboxylic acids is 2. The standard InChI is InChI=1S/C22H23F2N3O7S/c1-4-26-10-13-8-15(34-35(3,31)32)17-16(19(28)20(33-2)18(22(26)30)27(13)17)21(29)25-9-11-5-6-12(23)7-14(11)24/h5-7,13,15H,4,8-10H2,1-3H3,(H,25,29)/t13-,15?/m1/s1. The summed E-state index contributed by atoms with van der Waals surface area (Å²) in [6, 6.07) is 2.35. The molecular weight excluding hydrogens is 488 g/mol. The van der Waals surface area contributed by atoms with Crippen molar-refractivity contribution in [3.63, 3.8) is 0 Å². The minimum Gasteiger partial charge on any atom is -0.491 e. The second-order valence-electron chi connectivity index (χ2n) is 8.28. The van der Waals surface area contributed by atoms with Gasteiger partial charge in [-0.05, 0) is 13.0 Å². The highest BCUT2D eigenvalue weighted by Crippen LogP contribution is 2.44. The molecule has 2 aliphatic rings. The van der Waals surface area contributed by atoms with Crippen molar-refractivity contribution >= 4 is 21.9 Å². The Balaban J connectivity index is 1.85. The molecule has 2 amide bonds. The van der Waals surface area contributed by atoms with Gasteiger partial charge in [-0.1, -0.05) is 6.07 Å². The molecule has 2 aliphatic heterocycles. The Morgan fingerprint density at radius 1 is 1.26 bits per heavy atom. The van der Waals surface area contributed by atoms with Crippen molar-refractivity contribution in [2.24, 2.45) is 0 Å². The third-order valence-electron chi connectivity index (χ3n) is 6.04. The molecule has 1 aromatic heterocycles. The van der Waals surface area contributed by atoms with Crippen LogP contribution in [0.25, 0.3) is 0 Å². The van der Waals surface area contributed by atoms with Crippen molar-refractivity contribution in [1.29, 1.82) is 0 Å². The number of methoxy groups -OCH3 is 1. The van der Waals surface area contributed by atoms with Gasteiger partial charge in [-0.15, -0.1) is 0 Å². The van der Waals surface area contributed by atoms with Crippen LogP contribution in [-0.4, -0.2) is 56.2 Å².